The van der Waals surface area contributed by atoms with Crippen molar-refractivity contribution in [3.8, 4) is 0 Å². The van der Waals surface area contributed by atoms with E-state index in [9.17, 15) is 32.3 Å². The van der Waals surface area contributed by atoms with Crippen molar-refractivity contribution in [1.82, 2.24) is 40.4 Å². The van der Waals surface area contributed by atoms with Gasteiger partial charge in [0.1, 0.15) is 35.4 Å². The number of fused-ring (bicyclic) bond motifs is 2. The molecular weight excluding hydrogens is 882 g/mol. The Kier molecular flexibility index (Phi) is 13.1. The Labute approximate surface area is 383 Å². The second-order valence-electron chi connectivity index (χ2n) is 18.2. The molecule has 6 atom stereocenters. The molecule has 67 heavy (non-hydrogen) atoms. The van der Waals surface area contributed by atoms with Crippen LogP contribution in [0, 0.1) is 23.5 Å². The van der Waals surface area contributed by atoms with Gasteiger partial charge < -0.3 is 44.8 Å². The minimum Gasteiger partial charge on any atom is -0.453 e. The smallest absolute Gasteiger partial charge is 0.419 e. The molecule has 3 aliphatic rings. The number of amides is 4. The van der Waals surface area contributed by atoms with Crippen LogP contribution in [0.4, 0.5) is 37.2 Å². The Balaban J connectivity index is 1.12. The molecule has 20 heteroatoms. The van der Waals surface area contributed by atoms with E-state index in [1.807, 2.05) is 52.0 Å². The van der Waals surface area contributed by atoms with E-state index < -0.39 is 71.8 Å². The molecule has 4 amide bonds. The third-order valence-corrected chi connectivity index (χ3v) is 13.3. The van der Waals surface area contributed by atoms with Gasteiger partial charge >= 0.3 is 18.4 Å². The molecule has 0 saturated carbocycles. The van der Waals surface area contributed by atoms with Crippen LogP contribution in [-0.4, -0.2) is 93.1 Å². The van der Waals surface area contributed by atoms with Crippen molar-refractivity contribution in [3.63, 3.8) is 0 Å². The van der Waals surface area contributed by atoms with Crippen LogP contribution in [0.5, 0.6) is 0 Å². The number of alkyl carbamates (subject to hydrolysis) is 2. The zero-order valence-electron chi connectivity index (χ0n) is 38.0. The summed E-state index contributed by atoms with van der Waals surface area (Å²) >= 11 is 0. The lowest BCUT2D eigenvalue weighted by atomic mass is 10.0. The number of imidazole rings is 2. The summed E-state index contributed by atoms with van der Waals surface area (Å²) in [6.07, 6.45) is -3.11. The fraction of sp³-hybridized carbons (Fsp3) is 0.489. The molecular formula is C47H54F5N9O6. The maximum Gasteiger partial charge on any atom is 0.419 e. The van der Waals surface area contributed by atoms with Crippen molar-refractivity contribution in [1.29, 1.82) is 0 Å². The molecule has 3 saturated heterocycles. The summed E-state index contributed by atoms with van der Waals surface area (Å²) in [5.74, 6) is -2.78. The number of benzene rings is 3. The van der Waals surface area contributed by atoms with Crippen LogP contribution in [0.2, 0.25) is 0 Å². The fourth-order valence-electron chi connectivity index (χ4n) is 9.95. The van der Waals surface area contributed by atoms with Crippen LogP contribution in [-0.2, 0) is 25.2 Å². The number of carbonyl (C=O) groups is 4. The van der Waals surface area contributed by atoms with E-state index in [1.165, 1.54) is 14.2 Å². The second kappa shape index (κ2) is 18.7. The van der Waals surface area contributed by atoms with E-state index in [1.54, 1.807) is 26.8 Å². The number of anilines is 1. The number of hydrogen-bond donors (Lipinski definition) is 4. The molecule has 3 fully saturated rings. The summed E-state index contributed by atoms with van der Waals surface area (Å²) in [6, 6.07) is 7.89. The van der Waals surface area contributed by atoms with Gasteiger partial charge in [0.2, 0.25) is 11.8 Å². The average molecular weight is 936 g/mol. The first-order valence-corrected chi connectivity index (χ1v) is 22.5. The van der Waals surface area contributed by atoms with E-state index >= 15 is 8.78 Å². The van der Waals surface area contributed by atoms with Gasteiger partial charge in [0.25, 0.3) is 0 Å². The molecule has 3 aromatic carbocycles. The van der Waals surface area contributed by atoms with Crippen molar-refractivity contribution in [2.75, 3.05) is 32.2 Å². The van der Waals surface area contributed by atoms with E-state index in [4.69, 9.17) is 19.4 Å². The lowest BCUT2D eigenvalue weighted by Crippen LogP contribution is -2.51. The molecule has 0 bridgehead atoms. The molecule has 2 aromatic heterocycles. The number of alkyl halides is 3. The first kappa shape index (κ1) is 47.0. The van der Waals surface area contributed by atoms with Crippen LogP contribution >= 0.6 is 0 Å². The molecule has 0 unspecified atom stereocenters. The van der Waals surface area contributed by atoms with Crippen LogP contribution in [0.1, 0.15) is 119 Å². The van der Waals surface area contributed by atoms with Gasteiger partial charge in [-0.1, -0.05) is 39.8 Å². The number of carbonyl (C=O) groups excluding carboxylic acids is 4. The number of aromatic nitrogens is 4. The topological polar surface area (TPSA) is 178 Å². The standard InChI is InChI=1S/C47H54F5N9O6/c1-23(2)39(57-45(64)66-5)43(62)59-17-7-9-36(59)41-53-30-13-11-25(19-32(30)55-41)34-15-16-35(61(34)38-22-28(48)27(21-29(38)49)47(50,51)52)26-12-14-31-33(20-26)56-42(54-31)37-10-8-18-60(37)44(63)40(24(3)4)58-46(65)67-6/h11-14,19-24,34-37,39-40H,7-10,15-18H2,1-6H3,(H,53,55)(H,54,56)(H,57,64)(H,58,65)/t34-,35+,36-,37-,39-,40-/m0/s1. The summed E-state index contributed by atoms with van der Waals surface area (Å²) in [7, 11) is 2.46. The average Bonchev–Trinajstić information content (AvgIpc) is 4.15. The fourth-order valence-corrected chi connectivity index (χ4v) is 9.95. The summed E-state index contributed by atoms with van der Waals surface area (Å²) in [5, 5.41) is 5.29. The molecule has 0 aliphatic carbocycles. The Hall–Kier alpha value is -6.47. The van der Waals surface area contributed by atoms with Gasteiger partial charge in [-0.25, -0.2) is 28.3 Å². The minimum atomic E-state index is -5.13. The zero-order valence-corrected chi connectivity index (χ0v) is 38.0. The van der Waals surface area contributed by atoms with E-state index in [0.29, 0.717) is 103 Å². The number of nitrogens with zero attached hydrogens (tertiary/aromatic N) is 5. The van der Waals surface area contributed by atoms with Gasteiger partial charge in [-0.05, 0) is 91.8 Å². The predicted octanol–water partition coefficient (Wildman–Crippen LogP) is 8.91. The monoisotopic (exact) mass is 935 g/mol. The van der Waals surface area contributed by atoms with E-state index in [2.05, 4.69) is 20.6 Å². The number of rotatable bonds is 11. The maximum absolute atomic E-state index is 16.2. The van der Waals surface area contributed by atoms with Crippen LogP contribution in [0.15, 0.2) is 48.5 Å². The van der Waals surface area contributed by atoms with E-state index in [0.717, 1.165) is 0 Å². The number of H-pyrrole nitrogens is 2. The van der Waals surface area contributed by atoms with E-state index in [-0.39, 0.29) is 35.4 Å². The van der Waals surface area contributed by atoms with Gasteiger partial charge in [-0.15, -0.1) is 0 Å². The third kappa shape index (κ3) is 9.18. The number of ether oxygens (including phenoxy) is 2. The molecule has 8 rings (SSSR count). The Morgan fingerprint density at radius 1 is 0.657 bits per heavy atom. The molecule has 15 nitrogen and oxygen atoms in total. The second-order valence-corrected chi connectivity index (χ2v) is 18.2. The molecule has 4 N–H and O–H groups in total. The maximum atomic E-state index is 16.2. The normalized spacial score (nSPS) is 20.9. The zero-order chi connectivity index (χ0) is 48.1. The minimum absolute atomic E-state index is 0.196. The number of likely N-dealkylation sites (tertiary alicyclic amines) is 2. The Morgan fingerprint density at radius 2 is 1.10 bits per heavy atom. The highest BCUT2D eigenvalue weighted by Crippen LogP contribution is 2.49. The van der Waals surface area contributed by atoms with Gasteiger partial charge in [0, 0.05) is 19.2 Å². The molecule has 5 heterocycles. The van der Waals surface area contributed by atoms with Crippen molar-refractivity contribution >= 4 is 51.8 Å². The number of aromatic amines is 2. The Bertz CT molecular complexity index is 2540. The molecule has 0 radical (unpaired) electrons. The summed E-state index contributed by atoms with van der Waals surface area (Å²) in [5.41, 5.74) is 1.64. The highest BCUT2D eigenvalue weighted by Gasteiger charge is 2.42. The molecule has 0 spiro atoms. The van der Waals surface area contributed by atoms with Crippen LogP contribution < -0.4 is 15.5 Å². The van der Waals surface area contributed by atoms with Crippen molar-refractivity contribution < 1.29 is 50.6 Å². The number of halogens is 5. The number of hydrogen-bond acceptors (Lipinski definition) is 9. The lowest BCUT2D eigenvalue weighted by Gasteiger charge is -2.34. The summed E-state index contributed by atoms with van der Waals surface area (Å²) in [6.45, 7) is 8.20. The molecule has 358 valence electrons. The Morgan fingerprint density at radius 3 is 1.51 bits per heavy atom. The summed E-state index contributed by atoms with van der Waals surface area (Å²) in [4.78, 5) is 73.4. The number of nitrogens with one attached hydrogen (secondary N) is 4. The van der Waals surface area contributed by atoms with Crippen molar-refractivity contribution in [2.45, 2.75) is 109 Å². The summed E-state index contributed by atoms with van der Waals surface area (Å²) < 4.78 is 82.6. The SMILES string of the molecule is COC(=O)N[C@H](C(=O)N1CCC[C@H]1c1nc2cc([C@H]3CC[C@@H](c4ccc5[nH]c([C@@H]6CCCN6C(=O)[C@@H](NC(=O)OC)C(C)C)nc5c4)N3c3cc(F)c(C(F)(F)F)cc3F)ccc2[nH]1)C(C)C. The molecule has 5 aromatic rings. The van der Waals surface area contributed by atoms with Crippen molar-refractivity contribution in [3.05, 3.63) is 88.5 Å². The largest absolute Gasteiger partial charge is 0.453 e. The molecule has 3 aliphatic heterocycles. The van der Waals surface area contributed by atoms with Crippen LogP contribution in [0.25, 0.3) is 22.1 Å². The van der Waals surface area contributed by atoms with Crippen LogP contribution in [0.3, 0.4) is 0 Å². The van der Waals surface area contributed by atoms with Gasteiger partial charge in [0.05, 0.1) is 71.7 Å². The van der Waals surface area contributed by atoms with Crippen molar-refractivity contribution in [2.24, 2.45) is 11.8 Å². The number of methoxy groups -OCH3 is 2. The quantitative estimate of drug-likeness (QED) is 0.0942. The third-order valence-electron chi connectivity index (χ3n) is 13.3. The lowest BCUT2D eigenvalue weighted by molar-refractivity contribution is -0.140. The highest BCUT2D eigenvalue weighted by atomic mass is 19.4. The predicted molar refractivity (Wildman–Crippen MR) is 236 cm³/mol. The van der Waals surface area contributed by atoms with Gasteiger partial charge in [-0.3, -0.25) is 9.59 Å². The first-order chi connectivity index (χ1) is 31.9. The van der Waals surface area contributed by atoms with Gasteiger partial charge in [-0.2, -0.15) is 13.2 Å². The highest BCUT2D eigenvalue weighted by molar-refractivity contribution is 5.87. The van der Waals surface area contributed by atoms with Gasteiger partial charge in [0.15, 0.2) is 0 Å². The first-order valence-electron chi connectivity index (χ1n) is 22.5.